The minimum Gasteiger partial charge on any atom is -0.458 e. The summed E-state index contributed by atoms with van der Waals surface area (Å²) in [4.78, 5) is 23.3. The average Bonchev–Trinajstić information content (AvgIpc) is 3.09. The maximum atomic E-state index is 12.0. The molecule has 1 aromatic rings. The maximum absolute atomic E-state index is 12.0. The number of ether oxygens (including phenoxy) is 3. The van der Waals surface area contributed by atoms with Crippen molar-refractivity contribution in [1.82, 2.24) is 0 Å². The van der Waals surface area contributed by atoms with Crippen LogP contribution in [0.2, 0.25) is 0 Å². The van der Waals surface area contributed by atoms with Crippen LogP contribution in [0.15, 0.2) is 47.7 Å². The zero-order valence-corrected chi connectivity index (χ0v) is 11.9. The number of hydrogen-bond donors (Lipinski definition) is 0. The van der Waals surface area contributed by atoms with Gasteiger partial charge in [-0.15, -0.1) is 0 Å². The number of hydrogen-bond acceptors (Lipinski definition) is 5. The Bertz CT molecular complexity index is 730. The first-order valence-electron chi connectivity index (χ1n) is 7.17. The lowest BCUT2D eigenvalue weighted by atomic mass is 9.94. The fourth-order valence-corrected chi connectivity index (χ4v) is 3.20. The lowest BCUT2D eigenvalue weighted by Gasteiger charge is -2.11. The van der Waals surface area contributed by atoms with Gasteiger partial charge in [0.15, 0.2) is 0 Å². The number of carbonyl (C=O) groups excluding carboxylic acids is 2. The van der Waals surface area contributed by atoms with E-state index in [1.807, 2.05) is 24.3 Å². The molecule has 5 nitrogen and oxygen atoms in total. The number of carbonyl (C=O) groups is 2. The highest BCUT2D eigenvalue weighted by Gasteiger charge is 2.46. The van der Waals surface area contributed by atoms with Gasteiger partial charge in [-0.3, -0.25) is 0 Å². The van der Waals surface area contributed by atoms with E-state index in [1.54, 1.807) is 13.0 Å². The van der Waals surface area contributed by atoms with Gasteiger partial charge in [0.2, 0.25) is 0 Å². The SMILES string of the molecule is CC1=CC(OC=C2C(=O)OC3Cc4ccccc4C23)OC1=O. The summed E-state index contributed by atoms with van der Waals surface area (Å²) in [6.07, 6.45) is 2.75. The Kier molecular flexibility index (Phi) is 2.82. The molecule has 1 fully saturated rings. The van der Waals surface area contributed by atoms with Crippen LogP contribution < -0.4 is 0 Å². The second kappa shape index (κ2) is 4.73. The van der Waals surface area contributed by atoms with Gasteiger partial charge >= 0.3 is 11.9 Å². The van der Waals surface area contributed by atoms with Crippen molar-refractivity contribution in [3.05, 3.63) is 58.9 Å². The van der Waals surface area contributed by atoms with Crippen LogP contribution >= 0.6 is 0 Å². The predicted molar refractivity (Wildman–Crippen MR) is 75.6 cm³/mol. The van der Waals surface area contributed by atoms with Crippen molar-refractivity contribution < 1.29 is 23.8 Å². The van der Waals surface area contributed by atoms with Crippen molar-refractivity contribution in [2.45, 2.75) is 31.7 Å². The third-order valence-corrected chi connectivity index (χ3v) is 4.27. The van der Waals surface area contributed by atoms with E-state index in [0.29, 0.717) is 11.1 Å². The number of fused-ring (bicyclic) bond motifs is 3. The van der Waals surface area contributed by atoms with Crippen LogP contribution in [0.3, 0.4) is 0 Å². The van der Waals surface area contributed by atoms with Gasteiger partial charge in [0.25, 0.3) is 6.29 Å². The largest absolute Gasteiger partial charge is 0.458 e. The molecule has 4 rings (SSSR count). The quantitative estimate of drug-likeness (QED) is 0.474. The molecule has 1 saturated heterocycles. The third kappa shape index (κ3) is 1.93. The van der Waals surface area contributed by atoms with Gasteiger partial charge < -0.3 is 14.2 Å². The van der Waals surface area contributed by atoms with Gasteiger partial charge in [0.1, 0.15) is 6.10 Å². The summed E-state index contributed by atoms with van der Waals surface area (Å²) in [7, 11) is 0. The molecule has 0 bridgehead atoms. The Hall–Kier alpha value is -2.56. The van der Waals surface area contributed by atoms with Crippen LogP contribution in [-0.2, 0) is 30.2 Å². The normalized spacial score (nSPS) is 30.7. The summed E-state index contributed by atoms with van der Waals surface area (Å²) in [5.41, 5.74) is 3.27. The minimum atomic E-state index is -0.775. The average molecular weight is 298 g/mol. The first kappa shape index (κ1) is 13.1. The smallest absolute Gasteiger partial charge is 0.338 e. The molecule has 0 N–H and O–H groups in total. The molecule has 0 saturated carbocycles. The molecule has 2 heterocycles. The van der Waals surface area contributed by atoms with E-state index >= 15 is 0 Å². The zero-order chi connectivity index (χ0) is 15.3. The maximum Gasteiger partial charge on any atom is 0.338 e. The van der Waals surface area contributed by atoms with Crippen LogP contribution in [-0.4, -0.2) is 24.3 Å². The zero-order valence-electron chi connectivity index (χ0n) is 11.9. The molecule has 3 unspecified atom stereocenters. The van der Waals surface area contributed by atoms with E-state index in [1.165, 1.54) is 11.8 Å². The highest BCUT2D eigenvalue weighted by Crippen LogP contribution is 2.45. The first-order valence-corrected chi connectivity index (χ1v) is 7.17. The van der Waals surface area contributed by atoms with E-state index in [-0.39, 0.29) is 18.0 Å². The Morgan fingerprint density at radius 1 is 1.18 bits per heavy atom. The molecular formula is C17H14O5. The second-order valence-electron chi connectivity index (χ2n) is 5.66. The van der Waals surface area contributed by atoms with Gasteiger partial charge in [-0.25, -0.2) is 9.59 Å². The van der Waals surface area contributed by atoms with Crippen LogP contribution in [0.1, 0.15) is 24.0 Å². The molecule has 0 amide bonds. The third-order valence-electron chi connectivity index (χ3n) is 4.27. The van der Waals surface area contributed by atoms with Crippen molar-refractivity contribution >= 4 is 11.9 Å². The standard InChI is InChI=1S/C17H14O5/c1-9-6-14(22-16(9)18)20-8-12-15-11-5-3-2-4-10(11)7-13(15)21-17(12)19/h2-6,8,13-15H,7H2,1H3. The Morgan fingerprint density at radius 2 is 2.00 bits per heavy atom. The lowest BCUT2D eigenvalue weighted by Crippen LogP contribution is -2.11. The van der Waals surface area contributed by atoms with Crippen LogP contribution in [0.5, 0.6) is 0 Å². The highest BCUT2D eigenvalue weighted by molar-refractivity contribution is 5.93. The molecule has 3 aliphatic rings. The Labute approximate surface area is 127 Å². The van der Waals surface area contributed by atoms with E-state index in [9.17, 15) is 9.59 Å². The summed E-state index contributed by atoms with van der Waals surface area (Å²) in [5, 5.41) is 0. The predicted octanol–water partition coefficient (Wildman–Crippen LogP) is 1.98. The van der Waals surface area contributed by atoms with Crippen molar-refractivity contribution in [3.8, 4) is 0 Å². The van der Waals surface area contributed by atoms with Gasteiger partial charge in [-0.1, -0.05) is 24.3 Å². The van der Waals surface area contributed by atoms with Crippen molar-refractivity contribution in [2.75, 3.05) is 0 Å². The van der Waals surface area contributed by atoms with Crippen molar-refractivity contribution in [2.24, 2.45) is 0 Å². The number of cyclic esters (lactones) is 1. The van der Waals surface area contributed by atoms with Crippen molar-refractivity contribution in [1.29, 1.82) is 0 Å². The van der Waals surface area contributed by atoms with Gasteiger partial charge in [0, 0.05) is 18.1 Å². The van der Waals surface area contributed by atoms with Crippen LogP contribution in [0.25, 0.3) is 0 Å². The molecule has 5 heteroatoms. The Morgan fingerprint density at radius 3 is 2.77 bits per heavy atom. The summed E-state index contributed by atoms with van der Waals surface area (Å²) < 4.78 is 15.9. The van der Waals surface area contributed by atoms with Crippen LogP contribution in [0.4, 0.5) is 0 Å². The summed E-state index contributed by atoms with van der Waals surface area (Å²) in [6, 6.07) is 7.99. The summed E-state index contributed by atoms with van der Waals surface area (Å²) in [5.74, 6) is -0.873. The van der Waals surface area contributed by atoms with Gasteiger partial charge in [-0.2, -0.15) is 0 Å². The van der Waals surface area contributed by atoms with E-state index < -0.39 is 12.3 Å². The van der Waals surface area contributed by atoms with E-state index in [4.69, 9.17) is 14.2 Å². The molecule has 3 atom stereocenters. The van der Waals surface area contributed by atoms with Gasteiger partial charge in [-0.05, 0) is 18.1 Å². The molecule has 112 valence electrons. The lowest BCUT2D eigenvalue weighted by molar-refractivity contribution is -0.152. The fourth-order valence-electron chi connectivity index (χ4n) is 3.20. The summed E-state index contributed by atoms with van der Waals surface area (Å²) in [6.45, 7) is 1.66. The molecule has 2 aliphatic heterocycles. The van der Waals surface area contributed by atoms with Gasteiger partial charge in [0.05, 0.1) is 17.8 Å². The van der Waals surface area contributed by atoms with E-state index in [2.05, 4.69) is 0 Å². The molecule has 22 heavy (non-hydrogen) atoms. The monoisotopic (exact) mass is 298 g/mol. The molecule has 1 aliphatic carbocycles. The van der Waals surface area contributed by atoms with Crippen molar-refractivity contribution in [3.63, 3.8) is 0 Å². The molecular weight excluding hydrogens is 284 g/mol. The fraction of sp³-hybridized carbons (Fsp3) is 0.294. The van der Waals surface area contributed by atoms with E-state index in [0.717, 1.165) is 12.0 Å². The number of rotatable bonds is 2. The Balaban J connectivity index is 1.60. The van der Waals surface area contributed by atoms with Crippen LogP contribution in [0, 0.1) is 0 Å². The number of benzene rings is 1. The molecule has 0 radical (unpaired) electrons. The number of esters is 2. The topological polar surface area (TPSA) is 61.8 Å². The minimum absolute atomic E-state index is 0.106. The summed E-state index contributed by atoms with van der Waals surface area (Å²) >= 11 is 0. The second-order valence-corrected chi connectivity index (χ2v) is 5.66. The highest BCUT2D eigenvalue weighted by atomic mass is 16.7. The molecule has 0 spiro atoms. The first-order chi connectivity index (χ1) is 10.6. The molecule has 0 aromatic heterocycles. The molecule has 1 aromatic carbocycles.